The summed E-state index contributed by atoms with van der Waals surface area (Å²) in [6.45, 7) is -1.15. The number of rotatable bonds is 18. The van der Waals surface area contributed by atoms with Gasteiger partial charge in [0.2, 0.25) is 23.6 Å². The third-order valence-corrected chi connectivity index (χ3v) is 5.14. The maximum Gasteiger partial charge on any atom is 2.00 e. The SMILES string of the molecule is [NH-][C@@H](CCC(=O)N[C@@H](CS)C(=O)NCC(=O)O)C(=O)O.[NH-][C@@H](CCC(=O)N[C@@H](CS)C(=O)NCC(=O)O)C(=O)O.[Pt+2]. The topological polar surface area (TPSA) is 313 Å². The minimum Gasteiger partial charge on any atom is -0.665 e. The summed E-state index contributed by atoms with van der Waals surface area (Å²) in [7, 11) is 0. The Labute approximate surface area is 259 Å². The number of carboxylic acid groups (broad SMARTS) is 4. The van der Waals surface area contributed by atoms with E-state index in [1.807, 2.05) is 0 Å². The monoisotopic (exact) mass is 807 g/mol. The van der Waals surface area contributed by atoms with Gasteiger partial charge in [0.05, 0.1) is 0 Å². The summed E-state index contributed by atoms with van der Waals surface area (Å²) < 4.78 is 0. The van der Waals surface area contributed by atoms with Crippen LogP contribution >= 0.6 is 25.3 Å². The molecule has 21 heteroatoms. The Bertz CT molecular complexity index is 857. The second kappa shape index (κ2) is 23.7. The Morgan fingerprint density at radius 2 is 0.902 bits per heavy atom. The van der Waals surface area contributed by atoms with Gasteiger partial charge in [0.15, 0.2) is 0 Å². The van der Waals surface area contributed by atoms with Crippen molar-refractivity contribution in [3.8, 4) is 0 Å². The average Bonchev–Trinajstić information content (AvgIpc) is 2.89. The molecule has 41 heavy (non-hydrogen) atoms. The summed E-state index contributed by atoms with van der Waals surface area (Å²) in [6, 6.07) is -4.84. The molecule has 0 bridgehead atoms. The van der Waals surface area contributed by atoms with E-state index in [1.165, 1.54) is 0 Å². The van der Waals surface area contributed by atoms with Gasteiger partial charge in [-0.25, -0.2) is 0 Å². The number of carbonyl (C=O) groups excluding carboxylic acids is 4. The predicted octanol–water partition coefficient (Wildman–Crippen LogP) is -2.23. The van der Waals surface area contributed by atoms with E-state index in [0.717, 1.165) is 0 Å². The largest absolute Gasteiger partial charge is 2.00 e. The maximum atomic E-state index is 11.5. The van der Waals surface area contributed by atoms with E-state index in [0.29, 0.717) is 0 Å². The summed E-state index contributed by atoms with van der Waals surface area (Å²) in [5.74, 6) is -7.79. The van der Waals surface area contributed by atoms with E-state index in [2.05, 4.69) is 46.5 Å². The Morgan fingerprint density at radius 1 is 0.610 bits per heavy atom. The Kier molecular flexibility index (Phi) is 24.6. The molecule has 0 aromatic carbocycles. The summed E-state index contributed by atoms with van der Waals surface area (Å²) >= 11 is 7.72. The van der Waals surface area contributed by atoms with Crippen molar-refractivity contribution >= 4 is 72.8 Å². The number of aliphatic carboxylic acids is 4. The summed E-state index contributed by atoms with van der Waals surface area (Å²) in [6.07, 6.45) is -0.817. The van der Waals surface area contributed by atoms with E-state index in [4.69, 9.17) is 31.9 Å². The molecule has 10 N–H and O–H groups in total. The van der Waals surface area contributed by atoms with Gasteiger partial charge in [-0.3, -0.25) is 38.4 Å². The Hall–Kier alpha value is -2.93. The fourth-order valence-corrected chi connectivity index (χ4v) is 2.81. The molecule has 0 aromatic heterocycles. The number of carbonyl (C=O) groups is 8. The van der Waals surface area contributed by atoms with Gasteiger partial charge in [0, 0.05) is 24.3 Å². The number of carboxylic acids is 4. The first-order chi connectivity index (χ1) is 18.5. The molecule has 4 atom stereocenters. The van der Waals surface area contributed by atoms with Crippen LogP contribution in [0.5, 0.6) is 0 Å². The van der Waals surface area contributed by atoms with Gasteiger partial charge in [-0.15, -0.1) is 0 Å². The minimum absolute atomic E-state index is 0. The first kappa shape index (κ1) is 42.5. The van der Waals surface area contributed by atoms with Crippen LogP contribution in [0.4, 0.5) is 0 Å². The molecule has 0 spiro atoms. The van der Waals surface area contributed by atoms with Gasteiger partial charge < -0.3 is 53.2 Å². The second-order valence-corrected chi connectivity index (χ2v) is 8.42. The molecule has 0 heterocycles. The van der Waals surface area contributed by atoms with Crippen molar-refractivity contribution in [2.75, 3.05) is 24.6 Å². The first-order valence-corrected chi connectivity index (χ1v) is 12.5. The van der Waals surface area contributed by atoms with Crippen LogP contribution in [0.15, 0.2) is 0 Å². The molecule has 0 fully saturated rings. The van der Waals surface area contributed by atoms with E-state index >= 15 is 0 Å². The average molecular weight is 808 g/mol. The molecular formula is C20H32N6O12PtS2. The van der Waals surface area contributed by atoms with Crippen LogP contribution in [0, 0.1) is 0 Å². The third kappa shape index (κ3) is 22.4. The van der Waals surface area contributed by atoms with Gasteiger partial charge in [-0.05, 0) is 12.1 Å². The van der Waals surface area contributed by atoms with Crippen LogP contribution in [-0.2, 0) is 59.4 Å². The number of hydrogen-bond acceptors (Lipinski definition) is 10. The fourth-order valence-electron chi connectivity index (χ4n) is 2.29. The van der Waals surface area contributed by atoms with Crippen molar-refractivity contribution in [3.05, 3.63) is 11.5 Å². The van der Waals surface area contributed by atoms with E-state index in [1.54, 1.807) is 0 Å². The Morgan fingerprint density at radius 3 is 1.12 bits per heavy atom. The molecule has 0 unspecified atom stereocenters. The van der Waals surface area contributed by atoms with Crippen LogP contribution in [0.2, 0.25) is 0 Å². The van der Waals surface area contributed by atoms with E-state index < -0.39 is 84.8 Å². The molecule has 0 aliphatic heterocycles. The van der Waals surface area contributed by atoms with Gasteiger partial charge in [-0.2, -0.15) is 25.3 Å². The zero-order valence-corrected chi connectivity index (χ0v) is 25.3. The molecule has 0 saturated carbocycles. The molecule has 0 aliphatic rings. The Balaban J connectivity index is -0.000000688. The molecule has 0 aromatic rings. The summed E-state index contributed by atoms with van der Waals surface area (Å²) in [5.41, 5.74) is 14.2. The molecule has 0 rings (SSSR count). The molecular weight excluding hydrogens is 775 g/mol. The first-order valence-electron chi connectivity index (χ1n) is 11.2. The molecule has 236 valence electrons. The van der Waals surface area contributed by atoms with Gasteiger partial charge in [0.1, 0.15) is 25.2 Å². The van der Waals surface area contributed by atoms with Crippen LogP contribution in [-0.4, -0.2) is 117 Å². The smallest absolute Gasteiger partial charge is 0.665 e. The van der Waals surface area contributed by atoms with Gasteiger partial charge in [-0.1, -0.05) is 12.8 Å². The molecule has 4 amide bonds. The van der Waals surface area contributed by atoms with Gasteiger partial charge >= 0.3 is 33.0 Å². The zero-order chi connectivity index (χ0) is 31.4. The summed E-state index contributed by atoms with van der Waals surface area (Å²) in [5, 5.41) is 42.5. The van der Waals surface area contributed by atoms with Crippen LogP contribution in [0.3, 0.4) is 0 Å². The normalized spacial score (nSPS) is 12.8. The fraction of sp³-hybridized carbons (Fsp3) is 0.600. The number of hydrogen-bond donors (Lipinski definition) is 10. The van der Waals surface area contributed by atoms with Crippen molar-refractivity contribution in [1.82, 2.24) is 21.3 Å². The van der Waals surface area contributed by atoms with Crippen molar-refractivity contribution in [2.24, 2.45) is 0 Å². The predicted molar refractivity (Wildman–Crippen MR) is 143 cm³/mol. The molecule has 0 aliphatic carbocycles. The standard InChI is InChI=1S/2C10H16N3O6S.Pt/c2*11-5(10(18)19)1-2-7(14)13-6(4-20)9(17)12-3-8(15)16;/h2*5-6,11,20H,1-4H2,(H,12,17)(H,13,14)(H,15,16)(H,18,19);/q2*-1;+2/t2*5-,6-;/m00./s1. The quantitative estimate of drug-likeness (QED) is 0.0659. The maximum absolute atomic E-state index is 11.5. The second-order valence-electron chi connectivity index (χ2n) is 7.69. The number of thiol groups is 2. The van der Waals surface area contributed by atoms with Crippen LogP contribution in [0.25, 0.3) is 11.5 Å². The third-order valence-electron chi connectivity index (χ3n) is 4.41. The molecule has 0 saturated heterocycles. The van der Waals surface area contributed by atoms with Crippen LogP contribution in [0.1, 0.15) is 25.7 Å². The van der Waals surface area contributed by atoms with E-state index in [9.17, 15) is 38.4 Å². The molecule has 0 radical (unpaired) electrons. The van der Waals surface area contributed by atoms with Crippen molar-refractivity contribution in [1.29, 1.82) is 0 Å². The number of amides is 4. The van der Waals surface area contributed by atoms with E-state index in [-0.39, 0.29) is 58.3 Å². The van der Waals surface area contributed by atoms with Crippen molar-refractivity contribution < 1.29 is 79.8 Å². The van der Waals surface area contributed by atoms with Crippen LogP contribution < -0.4 is 21.3 Å². The number of nitrogens with one attached hydrogen (secondary N) is 6. The zero-order valence-electron chi connectivity index (χ0n) is 21.2. The summed E-state index contributed by atoms with van der Waals surface area (Å²) in [4.78, 5) is 87.3. The van der Waals surface area contributed by atoms with Gasteiger partial charge in [0.25, 0.3) is 11.9 Å². The van der Waals surface area contributed by atoms with Crippen molar-refractivity contribution in [2.45, 2.75) is 49.9 Å². The minimum atomic E-state index is -1.41. The van der Waals surface area contributed by atoms with Crippen molar-refractivity contribution in [3.63, 3.8) is 0 Å². The molecule has 18 nitrogen and oxygen atoms in total.